The maximum absolute atomic E-state index is 10.4. The van der Waals surface area contributed by atoms with E-state index in [1.165, 1.54) is 4.88 Å². The first-order valence-electron chi connectivity index (χ1n) is 5.82. The molecule has 0 aliphatic heterocycles. The van der Waals surface area contributed by atoms with Crippen molar-refractivity contribution in [3.05, 3.63) is 28.0 Å². The number of aliphatic carboxylic acids is 1. The Morgan fingerprint density at radius 1 is 1.61 bits per heavy atom. The molecule has 0 amide bonds. The normalized spacial score (nSPS) is 13.3. The van der Waals surface area contributed by atoms with Gasteiger partial charge in [-0.25, -0.2) is 4.79 Å². The summed E-state index contributed by atoms with van der Waals surface area (Å²) in [6, 6.07) is 1.99. The van der Waals surface area contributed by atoms with Crippen LogP contribution in [0.1, 0.15) is 23.8 Å². The van der Waals surface area contributed by atoms with Crippen LogP contribution in [0, 0.1) is 0 Å². The maximum Gasteiger partial charge on any atom is 0.328 e. The maximum atomic E-state index is 10.4. The van der Waals surface area contributed by atoms with Crippen molar-refractivity contribution < 1.29 is 15.0 Å². The van der Waals surface area contributed by atoms with Gasteiger partial charge < -0.3 is 15.1 Å². The molecule has 18 heavy (non-hydrogen) atoms. The summed E-state index contributed by atoms with van der Waals surface area (Å²) in [4.78, 5) is 13.7. The van der Waals surface area contributed by atoms with Crippen LogP contribution < -0.4 is 0 Å². The molecule has 0 aliphatic rings. The van der Waals surface area contributed by atoms with Crippen LogP contribution in [0.2, 0.25) is 0 Å². The van der Waals surface area contributed by atoms with Crippen molar-refractivity contribution in [2.75, 3.05) is 13.6 Å². The zero-order chi connectivity index (χ0) is 13.5. The van der Waals surface area contributed by atoms with Crippen LogP contribution in [-0.2, 0) is 11.3 Å². The number of thiophene rings is 1. The average molecular weight is 269 g/mol. The molecule has 0 bridgehead atoms. The number of carboxylic acids is 1. The molecule has 2 N–H and O–H groups in total. The van der Waals surface area contributed by atoms with E-state index in [2.05, 4.69) is 4.90 Å². The number of carboxylic acid groups (broad SMARTS) is 1. The van der Waals surface area contributed by atoms with Crippen LogP contribution >= 0.6 is 11.3 Å². The van der Waals surface area contributed by atoms with Gasteiger partial charge in [0.1, 0.15) is 0 Å². The number of rotatable bonds is 7. The molecule has 1 aromatic rings. The number of hydrogen-bond acceptors (Lipinski definition) is 4. The van der Waals surface area contributed by atoms with Crippen LogP contribution in [0.3, 0.4) is 0 Å². The van der Waals surface area contributed by atoms with E-state index in [0.29, 0.717) is 0 Å². The first-order chi connectivity index (χ1) is 8.47. The van der Waals surface area contributed by atoms with Gasteiger partial charge in [-0.15, -0.1) is 11.3 Å². The molecule has 100 valence electrons. The van der Waals surface area contributed by atoms with Gasteiger partial charge in [0.2, 0.25) is 0 Å². The lowest BCUT2D eigenvalue weighted by Gasteiger charge is -2.16. The van der Waals surface area contributed by atoms with Gasteiger partial charge >= 0.3 is 5.97 Å². The SMILES string of the molecule is CC(O)CCN(C)Cc1cc(/C=C/C(=O)O)cs1. The summed E-state index contributed by atoms with van der Waals surface area (Å²) < 4.78 is 0. The van der Waals surface area contributed by atoms with Gasteiger partial charge in [-0.05, 0) is 43.5 Å². The number of nitrogens with zero attached hydrogens (tertiary/aromatic N) is 1. The van der Waals surface area contributed by atoms with Gasteiger partial charge in [-0.3, -0.25) is 0 Å². The highest BCUT2D eigenvalue weighted by atomic mass is 32.1. The van der Waals surface area contributed by atoms with E-state index in [-0.39, 0.29) is 6.10 Å². The molecule has 1 aromatic heterocycles. The third kappa shape index (κ3) is 5.95. The molecular formula is C13H19NO3S. The lowest BCUT2D eigenvalue weighted by atomic mass is 10.2. The van der Waals surface area contributed by atoms with Crippen LogP contribution in [0.25, 0.3) is 6.08 Å². The molecule has 5 heteroatoms. The number of carbonyl (C=O) groups is 1. The topological polar surface area (TPSA) is 60.8 Å². The second kappa shape index (κ2) is 7.31. The molecule has 0 aromatic carbocycles. The van der Waals surface area contributed by atoms with Gasteiger partial charge in [-0.2, -0.15) is 0 Å². The molecule has 4 nitrogen and oxygen atoms in total. The minimum absolute atomic E-state index is 0.273. The van der Waals surface area contributed by atoms with Crippen LogP contribution in [0.5, 0.6) is 0 Å². The smallest absolute Gasteiger partial charge is 0.328 e. The Morgan fingerprint density at radius 3 is 2.94 bits per heavy atom. The van der Waals surface area contributed by atoms with Crippen molar-refractivity contribution in [3.8, 4) is 0 Å². The van der Waals surface area contributed by atoms with Crippen LogP contribution in [0.15, 0.2) is 17.5 Å². The number of aliphatic hydroxyl groups is 1. The third-order valence-corrected chi connectivity index (χ3v) is 3.39. The highest BCUT2D eigenvalue weighted by Crippen LogP contribution is 2.17. The van der Waals surface area contributed by atoms with E-state index >= 15 is 0 Å². The summed E-state index contributed by atoms with van der Waals surface area (Å²) in [7, 11) is 2.01. The zero-order valence-electron chi connectivity index (χ0n) is 10.7. The quantitative estimate of drug-likeness (QED) is 0.744. The Morgan fingerprint density at radius 2 is 2.33 bits per heavy atom. The van der Waals surface area contributed by atoms with Crippen LogP contribution in [-0.4, -0.2) is 40.8 Å². The second-order valence-corrected chi connectivity index (χ2v) is 5.39. The lowest BCUT2D eigenvalue weighted by Crippen LogP contribution is -2.21. The van der Waals surface area contributed by atoms with Gasteiger partial charge in [-0.1, -0.05) is 0 Å². The molecule has 0 saturated heterocycles. The fraction of sp³-hybridized carbons (Fsp3) is 0.462. The highest BCUT2D eigenvalue weighted by molar-refractivity contribution is 7.10. The monoisotopic (exact) mass is 269 g/mol. The minimum Gasteiger partial charge on any atom is -0.478 e. The first-order valence-corrected chi connectivity index (χ1v) is 6.70. The zero-order valence-corrected chi connectivity index (χ0v) is 11.5. The Labute approximate surface area is 111 Å². The Kier molecular flexibility index (Phi) is 6.04. The first kappa shape index (κ1) is 14.9. The van der Waals surface area contributed by atoms with Crippen molar-refractivity contribution >= 4 is 23.4 Å². The van der Waals surface area contributed by atoms with Gasteiger partial charge in [0.25, 0.3) is 0 Å². The standard InChI is InChI=1S/C13H19NO3S/c1-10(15)5-6-14(2)8-12-7-11(9-18-12)3-4-13(16)17/h3-4,7,9-10,15H,5-6,8H2,1-2H3,(H,16,17)/b4-3+. The van der Waals surface area contributed by atoms with Gasteiger partial charge in [0.15, 0.2) is 0 Å². The minimum atomic E-state index is -0.934. The Hall–Kier alpha value is -1.17. The Bertz CT molecular complexity index is 412. The van der Waals surface area contributed by atoms with Gasteiger partial charge in [0, 0.05) is 24.0 Å². The molecular weight excluding hydrogens is 250 g/mol. The van der Waals surface area contributed by atoms with Gasteiger partial charge in [0.05, 0.1) is 6.10 Å². The number of hydrogen-bond donors (Lipinski definition) is 2. The van der Waals surface area contributed by atoms with Crippen LogP contribution in [0.4, 0.5) is 0 Å². The lowest BCUT2D eigenvalue weighted by molar-refractivity contribution is -0.131. The summed E-state index contributed by atoms with van der Waals surface area (Å²) in [6.45, 7) is 3.45. The highest BCUT2D eigenvalue weighted by Gasteiger charge is 2.04. The summed E-state index contributed by atoms with van der Waals surface area (Å²) in [6.07, 6.45) is 3.22. The molecule has 1 atom stereocenters. The van der Waals surface area contributed by atoms with E-state index in [4.69, 9.17) is 5.11 Å². The molecule has 1 rings (SSSR count). The Balaban J connectivity index is 2.45. The molecule has 1 unspecified atom stereocenters. The van der Waals surface area contributed by atoms with Crippen molar-refractivity contribution in [3.63, 3.8) is 0 Å². The van der Waals surface area contributed by atoms with Crippen molar-refractivity contribution in [2.45, 2.75) is 26.0 Å². The third-order valence-electron chi connectivity index (χ3n) is 2.45. The number of aliphatic hydroxyl groups excluding tert-OH is 1. The van der Waals surface area contributed by atoms with Crippen molar-refractivity contribution in [1.82, 2.24) is 4.90 Å². The predicted molar refractivity (Wildman–Crippen MR) is 73.6 cm³/mol. The van der Waals surface area contributed by atoms with E-state index in [1.807, 2.05) is 18.5 Å². The molecule has 0 radical (unpaired) electrons. The van der Waals surface area contributed by atoms with Crippen molar-refractivity contribution in [1.29, 1.82) is 0 Å². The summed E-state index contributed by atoms with van der Waals surface area (Å²) >= 11 is 1.62. The van der Waals surface area contributed by atoms with Crippen molar-refractivity contribution in [2.24, 2.45) is 0 Å². The fourth-order valence-corrected chi connectivity index (χ4v) is 2.42. The molecule has 0 fully saturated rings. The molecule has 0 saturated carbocycles. The summed E-state index contributed by atoms with van der Waals surface area (Å²) in [5.41, 5.74) is 0.918. The summed E-state index contributed by atoms with van der Waals surface area (Å²) in [5, 5.41) is 19.7. The van der Waals surface area contributed by atoms with E-state index in [0.717, 1.165) is 31.1 Å². The molecule has 0 aliphatic carbocycles. The second-order valence-electron chi connectivity index (χ2n) is 4.39. The predicted octanol–water partition coefficient (Wildman–Crippen LogP) is 2.05. The van der Waals surface area contributed by atoms with E-state index in [1.54, 1.807) is 24.3 Å². The molecule has 0 spiro atoms. The van der Waals surface area contributed by atoms with E-state index in [9.17, 15) is 9.90 Å². The average Bonchev–Trinajstić information content (AvgIpc) is 2.71. The summed E-state index contributed by atoms with van der Waals surface area (Å²) in [5.74, 6) is -0.934. The molecule has 1 heterocycles. The fourth-order valence-electron chi connectivity index (χ4n) is 1.49. The van der Waals surface area contributed by atoms with E-state index < -0.39 is 5.97 Å². The largest absolute Gasteiger partial charge is 0.478 e.